The number of ether oxygens (including phenoxy) is 3. The van der Waals surface area contributed by atoms with Crippen molar-refractivity contribution in [1.82, 2.24) is 25.2 Å². The zero-order valence-electron chi connectivity index (χ0n) is 27.2. The number of sulfone groups is 1. The third-order valence-electron chi connectivity index (χ3n) is 8.11. The van der Waals surface area contributed by atoms with Crippen molar-refractivity contribution in [2.45, 2.75) is 32.5 Å². The lowest BCUT2D eigenvalue weighted by Gasteiger charge is -2.27. The molecule has 0 radical (unpaired) electrons. The van der Waals surface area contributed by atoms with Crippen LogP contribution in [-0.4, -0.2) is 111 Å². The van der Waals surface area contributed by atoms with Gasteiger partial charge in [-0.05, 0) is 22.8 Å². The maximum atomic E-state index is 13.3. The highest BCUT2D eigenvalue weighted by Crippen LogP contribution is 2.29. The SMILES string of the molecule is O=C(CCC(=O)N1Cc2ccccc2/C=C\c2ccccc21)NCCOCCOCCOCCn1cc(CN2CCS(=O)(=O)CC2)nn1. The molecule has 0 unspecified atom stereocenters. The first-order chi connectivity index (χ1) is 23.4. The smallest absolute Gasteiger partial charge is 0.227 e. The minimum Gasteiger partial charge on any atom is -0.377 e. The van der Waals surface area contributed by atoms with E-state index >= 15 is 0 Å². The Morgan fingerprint density at radius 1 is 0.812 bits per heavy atom. The molecular weight excluding hydrogens is 636 g/mol. The first kappa shape index (κ1) is 35.4. The quantitative estimate of drug-likeness (QED) is 0.211. The van der Waals surface area contributed by atoms with Gasteiger partial charge < -0.3 is 24.4 Å². The van der Waals surface area contributed by atoms with Crippen molar-refractivity contribution in [2.75, 3.05) is 75.7 Å². The zero-order chi connectivity index (χ0) is 33.6. The van der Waals surface area contributed by atoms with E-state index in [0.29, 0.717) is 78.9 Å². The van der Waals surface area contributed by atoms with Crippen molar-refractivity contribution >= 4 is 39.5 Å². The predicted octanol–water partition coefficient (Wildman–Crippen LogP) is 2.17. The van der Waals surface area contributed by atoms with Crippen LogP contribution in [-0.2, 0) is 53.3 Å². The molecule has 2 aromatic carbocycles. The molecule has 1 saturated heterocycles. The lowest BCUT2D eigenvalue weighted by molar-refractivity contribution is -0.125. The molecule has 3 aromatic rings. The molecule has 0 atom stereocenters. The summed E-state index contributed by atoms with van der Waals surface area (Å²) in [7, 11) is -2.90. The highest BCUT2D eigenvalue weighted by atomic mass is 32.2. The number of fused-ring (bicyclic) bond motifs is 2. The van der Waals surface area contributed by atoms with Crippen LogP contribution >= 0.6 is 0 Å². The second kappa shape index (κ2) is 18.0. The summed E-state index contributed by atoms with van der Waals surface area (Å²) < 4.78 is 41.5. The van der Waals surface area contributed by atoms with Crippen molar-refractivity contribution < 1.29 is 32.2 Å². The van der Waals surface area contributed by atoms with Gasteiger partial charge in [-0.25, -0.2) is 13.1 Å². The Bertz CT molecular complexity index is 1630. The van der Waals surface area contributed by atoms with Gasteiger partial charge in [0.2, 0.25) is 11.8 Å². The van der Waals surface area contributed by atoms with Gasteiger partial charge in [0.15, 0.2) is 9.84 Å². The molecule has 258 valence electrons. The molecule has 0 spiro atoms. The number of nitrogens with one attached hydrogen (secondary N) is 1. The van der Waals surface area contributed by atoms with Gasteiger partial charge in [-0.15, -0.1) is 5.10 Å². The van der Waals surface area contributed by atoms with Crippen LogP contribution in [0.25, 0.3) is 12.2 Å². The number of nitrogens with zero attached hydrogens (tertiary/aromatic N) is 5. The van der Waals surface area contributed by atoms with Crippen LogP contribution in [0.2, 0.25) is 0 Å². The second-order valence-corrected chi connectivity index (χ2v) is 14.0. The summed E-state index contributed by atoms with van der Waals surface area (Å²) in [5, 5.41) is 11.1. The van der Waals surface area contributed by atoms with E-state index in [2.05, 4.69) is 26.6 Å². The number of benzene rings is 2. The fourth-order valence-electron chi connectivity index (χ4n) is 5.44. The number of aromatic nitrogens is 3. The summed E-state index contributed by atoms with van der Waals surface area (Å²) in [5.74, 6) is 0.0922. The van der Waals surface area contributed by atoms with Crippen LogP contribution in [0.4, 0.5) is 5.69 Å². The van der Waals surface area contributed by atoms with Crippen LogP contribution in [0.1, 0.15) is 35.2 Å². The van der Waals surface area contributed by atoms with Gasteiger partial charge in [-0.2, -0.15) is 0 Å². The molecule has 2 aliphatic heterocycles. The van der Waals surface area contributed by atoms with Crippen LogP contribution in [0.5, 0.6) is 0 Å². The lowest BCUT2D eigenvalue weighted by atomic mass is 10.0. The Hall–Kier alpha value is -3.95. The molecule has 2 aliphatic rings. The Balaban J connectivity index is 0.872. The van der Waals surface area contributed by atoms with Crippen LogP contribution in [0.15, 0.2) is 54.7 Å². The number of carbonyl (C=O) groups excluding carboxylic acids is 2. The molecule has 2 amide bonds. The van der Waals surface area contributed by atoms with E-state index in [1.165, 1.54) is 0 Å². The molecule has 13 nitrogen and oxygen atoms in total. The van der Waals surface area contributed by atoms with Gasteiger partial charge in [0.05, 0.1) is 75.6 Å². The number of carbonyl (C=O) groups is 2. The highest BCUT2D eigenvalue weighted by Gasteiger charge is 2.23. The zero-order valence-corrected chi connectivity index (χ0v) is 28.0. The Morgan fingerprint density at radius 3 is 2.27 bits per heavy atom. The number of anilines is 1. The topological polar surface area (TPSA) is 145 Å². The first-order valence-electron chi connectivity index (χ1n) is 16.3. The summed E-state index contributed by atoms with van der Waals surface area (Å²) in [6, 6.07) is 15.8. The van der Waals surface area contributed by atoms with Gasteiger partial charge in [0.1, 0.15) is 0 Å². The molecule has 1 fully saturated rings. The van der Waals surface area contributed by atoms with Crippen molar-refractivity contribution in [3.8, 4) is 0 Å². The van der Waals surface area contributed by atoms with Gasteiger partial charge in [-0.3, -0.25) is 14.5 Å². The molecular formula is C34H44N6O7S. The highest BCUT2D eigenvalue weighted by molar-refractivity contribution is 7.91. The minimum atomic E-state index is -2.90. The number of hydrogen-bond acceptors (Lipinski definition) is 10. The summed E-state index contributed by atoms with van der Waals surface area (Å²) in [6.45, 7) is 5.46. The molecule has 3 heterocycles. The van der Waals surface area contributed by atoms with E-state index in [9.17, 15) is 18.0 Å². The Kier molecular flexibility index (Phi) is 13.3. The standard InChI is InChI=1S/C34H44N6O7S/c41-33(11-12-34(42)40-25-30-7-2-1-5-28(30)9-10-29-6-3-4-8-32(29)40)35-13-17-45-19-21-47-22-20-46-18-14-39-27-31(36-37-39)26-38-15-23-48(43,44)24-16-38/h1-10,27H,11-26H2,(H,35,41)/b10-9-. The van der Waals surface area contributed by atoms with E-state index in [1.807, 2.05) is 60.8 Å². The van der Waals surface area contributed by atoms with Gasteiger partial charge in [-0.1, -0.05) is 59.8 Å². The molecule has 48 heavy (non-hydrogen) atoms. The fourth-order valence-corrected chi connectivity index (χ4v) is 6.71. The third-order valence-corrected chi connectivity index (χ3v) is 9.72. The summed E-state index contributed by atoms with van der Waals surface area (Å²) in [6.07, 6.45) is 6.16. The molecule has 0 saturated carbocycles. The van der Waals surface area contributed by atoms with Crippen molar-refractivity contribution in [1.29, 1.82) is 0 Å². The monoisotopic (exact) mass is 680 g/mol. The van der Waals surface area contributed by atoms with Gasteiger partial charge in [0, 0.05) is 45.2 Å². The van der Waals surface area contributed by atoms with Crippen LogP contribution in [0.3, 0.4) is 0 Å². The minimum absolute atomic E-state index is 0.0986. The number of hydrogen-bond donors (Lipinski definition) is 1. The Morgan fingerprint density at radius 2 is 1.48 bits per heavy atom. The summed E-state index contributed by atoms with van der Waals surface area (Å²) >= 11 is 0. The fraction of sp³-hybridized carbons (Fsp3) is 0.471. The van der Waals surface area contributed by atoms with Crippen molar-refractivity contribution in [3.05, 3.63) is 77.1 Å². The predicted molar refractivity (Wildman–Crippen MR) is 182 cm³/mol. The number of rotatable bonds is 17. The second-order valence-electron chi connectivity index (χ2n) is 11.7. The lowest BCUT2D eigenvalue weighted by Crippen LogP contribution is -2.39. The summed E-state index contributed by atoms with van der Waals surface area (Å²) in [5.41, 5.74) is 4.74. The largest absolute Gasteiger partial charge is 0.377 e. The molecule has 1 aromatic heterocycles. The number of amides is 2. The van der Waals surface area contributed by atoms with E-state index in [4.69, 9.17) is 14.2 Å². The molecule has 0 bridgehead atoms. The van der Waals surface area contributed by atoms with Gasteiger partial charge >= 0.3 is 0 Å². The maximum Gasteiger partial charge on any atom is 0.227 e. The average molecular weight is 681 g/mol. The average Bonchev–Trinajstić information content (AvgIpc) is 3.53. The van der Waals surface area contributed by atoms with Crippen molar-refractivity contribution in [3.63, 3.8) is 0 Å². The van der Waals surface area contributed by atoms with Gasteiger partial charge in [0.25, 0.3) is 0 Å². The van der Waals surface area contributed by atoms with Crippen LogP contribution < -0.4 is 10.2 Å². The van der Waals surface area contributed by atoms with E-state index in [0.717, 1.165) is 28.1 Å². The maximum absolute atomic E-state index is 13.3. The molecule has 14 heteroatoms. The molecule has 0 aliphatic carbocycles. The van der Waals surface area contributed by atoms with Crippen LogP contribution in [0, 0.1) is 0 Å². The van der Waals surface area contributed by atoms with E-state index in [-0.39, 0.29) is 36.2 Å². The first-order valence-corrected chi connectivity index (χ1v) is 18.2. The third kappa shape index (κ3) is 11.1. The van der Waals surface area contributed by atoms with E-state index in [1.54, 1.807) is 9.58 Å². The number of para-hydroxylation sites is 1. The van der Waals surface area contributed by atoms with E-state index < -0.39 is 9.84 Å². The normalized spacial score (nSPS) is 16.4. The Labute approximate surface area is 281 Å². The summed E-state index contributed by atoms with van der Waals surface area (Å²) in [4.78, 5) is 29.6. The van der Waals surface area contributed by atoms with Crippen molar-refractivity contribution in [2.24, 2.45) is 0 Å². The molecule has 1 N–H and O–H groups in total. The molecule has 5 rings (SSSR count).